The maximum atomic E-state index is 11.6. The zero-order valence-electron chi connectivity index (χ0n) is 9.51. The summed E-state index contributed by atoms with van der Waals surface area (Å²) in [5.74, 6) is -0.452. The van der Waals surface area contributed by atoms with E-state index in [2.05, 4.69) is 4.74 Å². The largest absolute Gasteiger partial charge is 0.465 e. The van der Waals surface area contributed by atoms with Crippen molar-refractivity contribution in [1.29, 1.82) is 0 Å². The van der Waals surface area contributed by atoms with Gasteiger partial charge in [-0.25, -0.2) is 4.79 Å². The normalized spacial score (nSPS) is 15.8. The van der Waals surface area contributed by atoms with E-state index >= 15 is 0 Å². The van der Waals surface area contributed by atoms with E-state index in [1.165, 1.54) is 7.11 Å². The van der Waals surface area contributed by atoms with Crippen molar-refractivity contribution in [3.63, 3.8) is 0 Å². The van der Waals surface area contributed by atoms with Crippen molar-refractivity contribution >= 4 is 17.6 Å². The molecule has 0 unspecified atom stereocenters. The van der Waals surface area contributed by atoms with Crippen molar-refractivity contribution in [3.05, 3.63) is 29.8 Å². The highest BCUT2D eigenvalue weighted by Gasteiger charge is 2.20. The van der Waals surface area contributed by atoms with Crippen LogP contribution in [0.4, 0.5) is 5.69 Å². The fourth-order valence-corrected chi connectivity index (χ4v) is 1.69. The van der Waals surface area contributed by atoms with Crippen LogP contribution < -0.4 is 4.90 Å². The predicted molar refractivity (Wildman–Crippen MR) is 61.0 cm³/mol. The van der Waals surface area contributed by atoms with Gasteiger partial charge in [-0.2, -0.15) is 0 Å². The van der Waals surface area contributed by atoms with Crippen LogP contribution in [0.15, 0.2) is 24.3 Å². The first kappa shape index (κ1) is 11.6. The predicted octanol–water partition coefficient (Wildman–Crippen LogP) is 0.836. The van der Waals surface area contributed by atoms with Gasteiger partial charge in [-0.3, -0.25) is 4.79 Å². The molecule has 1 aromatic carbocycles. The third-order valence-corrected chi connectivity index (χ3v) is 2.59. The Hall–Kier alpha value is -1.88. The van der Waals surface area contributed by atoms with Gasteiger partial charge >= 0.3 is 5.97 Å². The quantitative estimate of drug-likeness (QED) is 0.713. The lowest BCUT2D eigenvalue weighted by molar-refractivity contribution is -0.125. The molecule has 1 aromatic rings. The second-order valence-electron chi connectivity index (χ2n) is 3.64. The lowest BCUT2D eigenvalue weighted by atomic mass is 10.2. The summed E-state index contributed by atoms with van der Waals surface area (Å²) in [5.41, 5.74) is 1.24. The van der Waals surface area contributed by atoms with E-state index in [1.807, 2.05) is 0 Å². The van der Waals surface area contributed by atoms with Crippen molar-refractivity contribution in [2.45, 2.75) is 0 Å². The molecule has 0 radical (unpaired) electrons. The first-order valence-electron chi connectivity index (χ1n) is 5.29. The molecule has 1 heterocycles. The summed E-state index contributed by atoms with van der Waals surface area (Å²) in [5, 5.41) is 0. The van der Waals surface area contributed by atoms with Crippen molar-refractivity contribution in [3.8, 4) is 0 Å². The number of nitrogens with zero attached hydrogens (tertiary/aromatic N) is 1. The Bertz CT molecular complexity index is 427. The summed E-state index contributed by atoms with van der Waals surface area (Å²) >= 11 is 0. The second-order valence-corrected chi connectivity index (χ2v) is 3.64. The lowest BCUT2D eigenvalue weighted by Crippen LogP contribution is -2.41. The van der Waals surface area contributed by atoms with Crippen LogP contribution >= 0.6 is 0 Å². The number of carbonyl (C=O) groups excluding carboxylic acids is 2. The Morgan fingerprint density at radius 2 is 2.06 bits per heavy atom. The van der Waals surface area contributed by atoms with Crippen LogP contribution in [0.1, 0.15) is 10.4 Å². The smallest absolute Gasteiger partial charge is 0.337 e. The Balaban J connectivity index is 2.17. The minimum atomic E-state index is -0.384. The zero-order valence-corrected chi connectivity index (χ0v) is 9.51. The Labute approximate surface area is 98.9 Å². The van der Waals surface area contributed by atoms with Crippen molar-refractivity contribution < 1.29 is 19.1 Å². The SMILES string of the molecule is COC(=O)c1ccc(N2CCOCC2=O)cc1. The number of morpholine rings is 1. The van der Waals surface area contributed by atoms with E-state index in [0.717, 1.165) is 5.69 Å². The summed E-state index contributed by atoms with van der Waals surface area (Å²) in [6, 6.07) is 6.75. The molecule has 1 fully saturated rings. The summed E-state index contributed by atoms with van der Waals surface area (Å²) < 4.78 is 9.65. The monoisotopic (exact) mass is 235 g/mol. The molecule has 0 N–H and O–H groups in total. The topological polar surface area (TPSA) is 55.8 Å². The number of carbonyl (C=O) groups is 2. The van der Waals surface area contributed by atoms with Gasteiger partial charge in [0.05, 0.1) is 19.3 Å². The summed E-state index contributed by atoms with van der Waals surface area (Å²) in [4.78, 5) is 24.5. The van der Waals surface area contributed by atoms with Gasteiger partial charge in [0.15, 0.2) is 0 Å². The Morgan fingerprint density at radius 1 is 1.35 bits per heavy atom. The lowest BCUT2D eigenvalue weighted by Gasteiger charge is -2.26. The molecule has 0 bridgehead atoms. The number of hydrogen-bond donors (Lipinski definition) is 0. The molecular formula is C12H13NO4. The summed E-state index contributed by atoms with van der Waals surface area (Å²) in [6.07, 6.45) is 0. The number of amides is 1. The minimum absolute atomic E-state index is 0.0675. The van der Waals surface area contributed by atoms with Crippen LogP contribution in [0.2, 0.25) is 0 Å². The van der Waals surface area contributed by atoms with Crippen molar-refractivity contribution in [2.24, 2.45) is 0 Å². The van der Waals surface area contributed by atoms with Gasteiger partial charge in [0.1, 0.15) is 6.61 Å². The van der Waals surface area contributed by atoms with E-state index in [-0.39, 0.29) is 18.5 Å². The molecule has 1 aliphatic heterocycles. The molecule has 5 heteroatoms. The van der Waals surface area contributed by atoms with Gasteiger partial charge in [0.25, 0.3) is 5.91 Å². The van der Waals surface area contributed by atoms with Crippen LogP contribution in [-0.4, -0.2) is 38.7 Å². The minimum Gasteiger partial charge on any atom is -0.465 e. The number of methoxy groups -OCH3 is 1. The molecule has 17 heavy (non-hydrogen) atoms. The van der Waals surface area contributed by atoms with Gasteiger partial charge in [0.2, 0.25) is 0 Å². The molecule has 1 amide bonds. The molecule has 1 saturated heterocycles. The number of benzene rings is 1. The maximum absolute atomic E-state index is 11.6. The van der Waals surface area contributed by atoms with Gasteiger partial charge in [0, 0.05) is 12.2 Å². The van der Waals surface area contributed by atoms with Crippen LogP contribution in [-0.2, 0) is 14.3 Å². The van der Waals surface area contributed by atoms with Crippen LogP contribution in [0.3, 0.4) is 0 Å². The molecule has 2 rings (SSSR count). The standard InChI is InChI=1S/C12H13NO4/c1-16-12(15)9-2-4-10(5-3-9)13-6-7-17-8-11(13)14/h2-5H,6-8H2,1H3. The highest BCUT2D eigenvalue weighted by atomic mass is 16.5. The maximum Gasteiger partial charge on any atom is 0.337 e. The molecule has 0 atom stereocenters. The number of esters is 1. The second kappa shape index (κ2) is 4.97. The average Bonchev–Trinajstić information content (AvgIpc) is 2.39. The van der Waals surface area contributed by atoms with Crippen LogP contribution in [0.5, 0.6) is 0 Å². The summed E-state index contributed by atoms with van der Waals surface area (Å²) in [6.45, 7) is 1.18. The molecule has 0 spiro atoms. The molecule has 1 aliphatic rings. The van der Waals surface area contributed by atoms with Crippen LogP contribution in [0, 0.1) is 0 Å². The fraction of sp³-hybridized carbons (Fsp3) is 0.333. The first-order chi connectivity index (χ1) is 8.22. The molecular weight excluding hydrogens is 222 g/mol. The number of rotatable bonds is 2. The highest BCUT2D eigenvalue weighted by molar-refractivity contribution is 5.96. The molecule has 90 valence electrons. The van der Waals surface area contributed by atoms with Gasteiger partial charge < -0.3 is 14.4 Å². The van der Waals surface area contributed by atoms with Crippen molar-refractivity contribution in [2.75, 3.05) is 31.8 Å². The third-order valence-electron chi connectivity index (χ3n) is 2.59. The number of ether oxygens (including phenoxy) is 2. The third kappa shape index (κ3) is 2.45. The molecule has 0 aromatic heterocycles. The average molecular weight is 235 g/mol. The van der Waals surface area contributed by atoms with E-state index in [4.69, 9.17) is 4.74 Å². The van der Waals surface area contributed by atoms with E-state index in [0.29, 0.717) is 18.7 Å². The van der Waals surface area contributed by atoms with E-state index < -0.39 is 0 Å². The molecule has 0 saturated carbocycles. The van der Waals surface area contributed by atoms with Gasteiger partial charge in [-0.1, -0.05) is 0 Å². The van der Waals surface area contributed by atoms with Gasteiger partial charge in [-0.05, 0) is 24.3 Å². The Morgan fingerprint density at radius 3 is 2.65 bits per heavy atom. The molecule has 0 aliphatic carbocycles. The van der Waals surface area contributed by atoms with Crippen LogP contribution in [0.25, 0.3) is 0 Å². The number of hydrogen-bond acceptors (Lipinski definition) is 4. The fourth-order valence-electron chi connectivity index (χ4n) is 1.69. The Kier molecular flexibility index (Phi) is 3.39. The molecule has 5 nitrogen and oxygen atoms in total. The van der Waals surface area contributed by atoms with E-state index in [9.17, 15) is 9.59 Å². The first-order valence-corrected chi connectivity index (χ1v) is 5.29. The van der Waals surface area contributed by atoms with Gasteiger partial charge in [-0.15, -0.1) is 0 Å². The summed E-state index contributed by atoms with van der Waals surface area (Å²) in [7, 11) is 1.34. The van der Waals surface area contributed by atoms with E-state index in [1.54, 1.807) is 29.2 Å². The van der Waals surface area contributed by atoms with Crippen molar-refractivity contribution in [1.82, 2.24) is 0 Å². The number of anilines is 1. The zero-order chi connectivity index (χ0) is 12.3. The highest BCUT2D eigenvalue weighted by Crippen LogP contribution is 2.17.